The number of nitrogens with zero attached hydrogens (tertiary/aromatic N) is 5. The number of anilines is 1. The largest absolute Gasteiger partial charge is 0.473 e. The van der Waals surface area contributed by atoms with Crippen molar-refractivity contribution >= 4 is 49.7 Å². The SMILES string of the molecule is Fc1ccc(Cn2c(CC3CCN(CCNc4nc5cnccc5s4)CC3)nc3ccccc32)cc1.O=C(O)C(=O)O. The highest BCUT2D eigenvalue weighted by atomic mass is 32.1. The maximum absolute atomic E-state index is 13.4. The molecule has 0 spiro atoms. The smallest absolute Gasteiger partial charge is 0.414 e. The number of aromatic nitrogens is 4. The van der Waals surface area contributed by atoms with Crippen molar-refractivity contribution < 1.29 is 24.2 Å². The lowest BCUT2D eigenvalue weighted by atomic mass is 9.93. The Kier molecular flexibility index (Phi) is 9.35. The van der Waals surface area contributed by atoms with Gasteiger partial charge in [-0.05, 0) is 67.7 Å². The van der Waals surface area contributed by atoms with Gasteiger partial charge in [0, 0.05) is 32.3 Å². The molecule has 3 N–H and O–H groups in total. The molecular formula is C30H31FN6O4S. The number of fused-ring (bicyclic) bond motifs is 2. The molecule has 5 aromatic rings. The van der Waals surface area contributed by atoms with E-state index >= 15 is 0 Å². The number of para-hydroxylation sites is 2. The van der Waals surface area contributed by atoms with Gasteiger partial charge in [-0.2, -0.15) is 0 Å². The minimum atomic E-state index is -1.82. The van der Waals surface area contributed by atoms with E-state index in [-0.39, 0.29) is 5.82 Å². The van der Waals surface area contributed by atoms with Gasteiger partial charge in [0.25, 0.3) is 0 Å². The van der Waals surface area contributed by atoms with E-state index in [4.69, 9.17) is 24.8 Å². The van der Waals surface area contributed by atoms with Crippen molar-refractivity contribution in [2.75, 3.05) is 31.5 Å². The number of hydrogen-bond donors (Lipinski definition) is 3. The zero-order valence-corrected chi connectivity index (χ0v) is 23.6. The molecule has 0 unspecified atom stereocenters. The Morgan fingerprint density at radius 2 is 1.71 bits per heavy atom. The van der Waals surface area contributed by atoms with Crippen LogP contribution in [0.2, 0.25) is 0 Å². The monoisotopic (exact) mass is 590 g/mol. The average molecular weight is 591 g/mol. The van der Waals surface area contributed by atoms with Crippen LogP contribution in [0.15, 0.2) is 67.0 Å². The summed E-state index contributed by atoms with van der Waals surface area (Å²) >= 11 is 1.68. The van der Waals surface area contributed by atoms with Crippen LogP contribution in [0.5, 0.6) is 0 Å². The van der Waals surface area contributed by atoms with E-state index in [2.05, 4.69) is 43.0 Å². The number of carboxylic acids is 2. The molecule has 12 heteroatoms. The first-order valence-corrected chi connectivity index (χ1v) is 14.5. The fraction of sp³-hybridized carbons (Fsp3) is 0.300. The molecule has 3 aromatic heterocycles. The summed E-state index contributed by atoms with van der Waals surface area (Å²) in [6.07, 6.45) is 6.95. The van der Waals surface area contributed by atoms with Crippen LogP contribution in [0.4, 0.5) is 9.52 Å². The second-order valence-electron chi connectivity index (χ2n) is 10.1. The molecule has 0 aliphatic carbocycles. The second-order valence-corrected chi connectivity index (χ2v) is 11.1. The highest BCUT2D eigenvalue weighted by molar-refractivity contribution is 7.22. The van der Waals surface area contributed by atoms with Gasteiger partial charge in [0.1, 0.15) is 17.2 Å². The topological polar surface area (TPSA) is 133 Å². The molecule has 2 aromatic carbocycles. The van der Waals surface area contributed by atoms with Gasteiger partial charge in [0.2, 0.25) is 0 Å². The molecule has 0 saturated carbocycles. The maximum atomic E-state index is 13.4. The maximum Gasteiger partial charge on any atom is 0.414 e. The summed E-state index contributed by atoms with van der Waals surface area (Å²) < 4.78 is 16.9. The third-order valence-electron chi connectivity index (χ3n) is 7.24. The molecule has 1 saturated heterocycles. The summed E-state index contributed by atoms with van der Waals surface area (Å²) in [5, 5.41) is 19.2. The van der Waals surface area contributed by atoms with Gasteiger partial charge in [-0.15, -0.1) is 0 Å². The lowest BCUT2D eigenvalue weighted by molar-refractivity contribution is -0.159. The second kappa shape index (κ2) is 13.5. The number of piperidine rings is 1. The van der Waals surface area contributed by atoms with E-state index < -0.39 is 11.9 Å². The van der Waals surface area contributed by atoms with Crippen LogP contribution in [0, 0.1) is 11.7 Å². The van der Waals surface area contributed by atoms with Crippen molar-refractivity contribution in [3.8, 4) is 0 Å². The fourth-order valence-electron chi connectivity index (χ4n) is 5.08. The van der Waals surface area contributed by atoms with E-state index in [1.165, 1.54) is 29.7 Å². The first-order valence-electron chi connectivity index (χ1n) is 13.7. The van der Waals surface area contributed by atoms with Crippen molar-refractivity contribution in [2.45, 2.75) is 25.8 Å². The van der Waals surface area contributed by atoms with Crippen LogP contribution in [0.25, 0.3) is 21.3 Å². The van der Waals surface area contributed by atoms with Gasteiger partial charge in [-0.3, -0.25) is 4.98 Å². The standard InChI is InChI=1S/C28H29FN6S.C2H2O4/c29-22-7-5-21(6-8-22)19-35-25-4-2-1-3-23(25)32-27(35)17-20-10-14-34(15-11-20)16-13-31-28-33-24-18-30-12-9-26(24)36-28;3-1(4)2(5)6/h1-9,12,18,20H,10-11,13-17,19H2,(H,31,33);(H,3,4)(H,5,6). The van der Waals surface area contributed by atoms with Crippen molar-refractivity contribution in [3.05, 3.63) is 84.2 Å². The van der Waals surface area contributed by atoms with Gasteiger partial charge in [-0.25, -0.2) is 23.9 Å². The number of benzene rings is 2. The molecular weight excluding hydrogens is 559 g/mol. The van der Waals surface area contributed by atoms with Crippen LogP contribution in [-0.2, 0) is 22.6 Å². The van der Waals surface area contributed by atoms with E-state index in [0.29, 0.717) is 12.5 Å². The number of carboxylic acid groups (broad SMARTS) is 2. The Balaban J connectivity index is 0.000000535. The predicted molar refractivity (Wildman–Crippen MR) is 159 cm³/mol. The van der Waals surface area contributed by atoms with Crippen LogP contribution in [-0.4, -0.2) is 72.7 Å². The van der Waals surface area contributed by atoms with E-state index in [0.717, 1.165) is 65.7 Å². The molecule has 0 amide bonds. The highest BCUT2D eigenvalue weighted by Crippen LogP contribution is 2.26. The van der Waals surface area contributed by atoms with Crippen molar-refractivity contribution in [2.24, 2.45) is 5.92 Å². The molecule has 4 heterocycles. The Morgan fingerprint density at radius 3 is 2.43 bits per heavy atom. The zero-order valence-electron chi connectivity index (χ0n) is 22.8. The lowest BCUT2D eigenvalue weighted by Gasteiger charge is -2.31. The highest BCUT2D eigenvalue weighted by Gasteiger charge is 2.22. The summed E-state index contributed by atoms with van der Waals surface area (Å²) in [5.74, 6) is -2.10. The Morgan fingerprint density at radius 1 is 0.976 bits per heavy atom. The fourth-order valence-corrected chi connectivity index (χ4v) is 5.94. The number of halogens is 1. The van der Waals surface area contributed by atoms with Crippen molar-refractivity contribution in [3.63, 3.8) is 0 Å². The number of carbonyl (C=O) groups is 2. The number of rotatable bonds is 8. The lowest BCUT2D eigenvalue weighted by Crippen LogP contribution is -2.37. The quantitative estimate of drug-likeness (QED) is 0.219. The molecule has 6 rings (SSSR count). The summed E-state index contributed by atoms with van der Waals surface area (Å²) in [6, 6.07) is 17.1. The van der Waals surface area contributed by atoms with Crippen molar-refractivity contribution in [1.82, 2.24) is 24.4 Å². The summed E-state index contributed by atoms with van der Waals surface area (Å²) in [5.41, 5.74) is 4.22. The van der Waals surface area contributed by atoms with Crippen LogP contribution in [0.1, 0.15) is 24.2 Å². The predicted octanol–water partition coefficient (Wildman–Crippen LogP) is 4.75. The molecule has 0 bridgehead atoms. The number of likely N-dealkylation sites (tertiary alicyclic amines) is 1. The van der Waals surface area contributed by atoms with Crippen LogP contribution >= 0.6 is 11.3 Å². The Hall–Kier alpha value is -4.42. The van der Waals surface area contributed by atoms with Crippen LogP contribution < -0.4 is 5.32 Å². The van der Waals surface area contributed by atoms with Gasteiger partial charge in [-0.1, -0.05) is 35.6 Å². The minimum Gasteiger partial charge on any atom is -0.473 e. The molecule has 1 aliphatic heterocycles. The molecule has 42 heavy (non-hydrogen) atoms. The third kappa shape index (κ3) is 7.45. The number of nitrogens with one attached hydrogen (secondary N) is 1. The van der Waals surface area contributed by atoms with Crippen LogP contribution in [0.3, 0.4) is 0 Å². The summed E-state index contributed by atoms with van der Waals surface area (Å²) in [4.78, 5) is 34.5. The minimum absolute atomic E-state index is 0.200. The summed E-state index contributed by atoms with van der Waals surface area (Å²) in [6.45, 7) is 4.83. The van der Waals surface area contributed by atoms with Gasteiger partial charge in [0.05, 0.1) is 21.9 Å². The number of aliphatic carboxylic acids is 2. The van der Waals surface area contributed by atoms with Gasteiger partial charge >= 0.3 is 11.9 Å². The average Bonchev–Trinajstić information content (AvgIpc) is 3.56. The number of hydrogen-bond acceptors (Lipinski definition) is 8. The van der Waals surface area contributed by atoms with E-state index in [9.17, 15) is 4.39 Å². The number of pyridine rings is 1. The van der Waals surface area contributed by atoms with E-state index in [1.807, 2.05) is 36.7 Å². The zero-order chi connectivity index (χ0) is 29.5. The molecule has 10 nitrogen and oxygen atoms in total. The first-order chi connectivity index (χ1) is 20.4. The van der Waals surface area contributed by atoms with E-state index in [1.54, 1.807) is 11.3 Å². The third-order valence-corrected chi connectivity index (χ3v) is 8.24. The van der Waals surface area contributed by atoms with Gasteiger partial charge < -0.3 is 25.0 Å². The molecule has 0 radical (unpaired) electrons. The number of imidazole rings is 1. The molecule has 1 fully saturated rings. The number of thiazole rings is 1. The molecule has 1 aliphatic rings. The normalized spacial score (nSPS) is 14.0. The first kappa shape index (κ1) is 29.1. The van der Waals surface area contributed by atoms with Crippen molar-refractivity contribution in [1.29, 1.82) is 0 Å². The molecule has 0 atom stereocenters. The Labute approximate surface area is 245 Å². The van der Waals surface area contributed by atoms with Gasteiger partial charge in [0.15, 0.2) is 5.13 Å². The molecule has 218 valence electrons. The summed E-state index contributed by atoms with van der Waals surface area (Å²) in [7, 11) is 0. The Bertz CT molecular complexity index is 1620.